The zero-order chi connectivity index (χ0) is 12.1. The number of nitrogens with one attached hydrogen (secondary N) is 1. The van der Waals surface area contributed by atoms with Gasteiger partial charge in [0.25, 0.3) is 0 Å². The first-order valence-electron chi connectivity index (χ1n) is 5.16. The maximum absolute atomic E-state index is 4.27. The van der Waals surface area contributed by atoms with E-state index < -0.39 is 0 Å². The third kappa shape index (κ3) is 3.20. The number of halogens is 1. The lowest BCUT2D eigenvalue weighted by Gasteiger charge is -2.06. The molecule has 0 bridgehead atoms. The van der Waals surface area contributed by atoms with Gasteiger partial charge in [0.1, 0.15) is 17.2 Å². The Kier molecular flexibility index (Phi) is 4.39. The van der Waals surface area contributed by atoms with Crippen molar-refractivity contribution in [2.75, 3.05) is 12.4 Å². The van der Waals surface area contributed by atoms with Gasteiger partial charge in [0.15, 0.2) is 0 Å². The van der Waals surface area contributed by atoms with Crippen molar-refractivity contribution in [1.82, 2.24) is 9.97 Å². The molecule has 0 unspecified atom stereocenters. The molecule has 0 fully saturated rings. The van der Waals surface area contributed by atoms with Crippen LogP contribution in [0, 0.1) is 0 Å². The van der Waals surface area contributed by atoms with Gasteiger partial charge in [-0.2, -0.15) is 0 Å². The van der Waals surface area contributed by atoms with Gasteiger partial charge in [-0.3, -0.25) is 0 Å². The molecule has 0 saturated heterocycles. The average molecular weight is 310 g/mol. The van der Waals surface area contributed by atoms with Crippen molar-refractivity contribution in [2.45, 2.75) is 10.8 Å². The largest absolute Gasteiger partial charge is 0.372 e. The molecule has 0 atom stereocenters. The van der Waals surface area contributed by atoms with Crippen LogP contribution in [-0.2, 0) is 5.75 Å². The maximum atomic E-state index is 4.27. The minimum Gasteiger partial charge on any atom is -0.372 e. The van der Waals surface area contributed by atoms with Crippen LogP contribution in [0.25, 0.3) is 0 Å². The summed E-state index contributed by atoms with van der Waals surface area (Å²) in [6, 6.07) is 10.3. The number of aromatic nitrogens is 2. The molecule has 2 aromatic rings. The Morgan fingerprint density at radius 1 is 1.24 bits per heavy atom. The number of nitrogens with zero attached hydrogens (tertiary/aromatic N) is 2. The SMILES string of the molecule is CNc1ncnc(SCc2ccccc2)c1Br. The molecular formula is C12H12BrN3S. The summed E-state index contributed by atoms with van der Waals surface area (Å²) in [6.45, 7) is 0. The average Bonchev–Trinajstić information content (AvgIpc) is 2.39. The molecule has 3 nitrogen and oxygen atoms in total. The van der Waals surface area contributed by atoms with Crippen molar-refractivity contribution in [2.24, 2.45) is 0 Å². The normalized spacial score (nSPS) is 10.2. The van der Waals surface area contributed by atoms with Gasteiger partial charge < -0.3 is 5.32 Å². The van der Waals surface area contributed by atoms with Gasteiger partial charge in [0.05, 0.1) is 4.47 Å². The second-order valence-corrected chi connectivity index (χ2v) is 5.12. The van der Waals surface area contributed by atoms with Gasteiger partial charge in [0.2, 0.25) is 0 Å². The molecule has 1 aromatic carbocycles. The second kappa shape index (κ2) is 6.02. The predicted octanol–water partition coefficient (Wildman–Crippen LogP) is 3.57. The Labute approximate surface area is 113 Å². The van der Waals surface area contributed by atoms with E-state index in [1.165, 1.54) is 5.56 Å². The van der Waals surface area contributed by atoms with E-state index in [0.29, 0.717) is 0 Å². The summed E-state index contributed by atoms with van der Waals surface area (Å²) in [5.41, 5.74) is 1.29. The highest BCUT2D eigenvalue weighted by Crippen LogP contribution is 2.31. The topological polar surface area (TPSA) is 37.8 Å². The van der Waals surface area contributed by atoms with Gasteiger partial charge in [-0.25, -0.2) is 9.97 Å². The maximum Gasteiger partial charge on any atom is 0.144 e. The van der Waals surface area contributed by atoms with E-state index in [9.17, 15) is 0 Å². The Bertz CT molecular complexity index is 490. The summed E-state index contributed by atoms with van der Waals surface area (Å²) < 4.78 is 0.920. The van der Waals surface area contributed by atoms with E-state index in [1.807, 2.05) is 25.2 Å². The fourth-order valence-corrected chi connectivity index (χ4v) is 2.94. The number of rotatable bonds is 4. The summed E-state index contributed by atoms with van der Waals surface area (Å²) in [4.78, 5) is 8.40. The summed E-state index contributed by atoms with van der Waals surface area (Å²) >= 11 is 5.20. The fourth-order valence-electron chi connectivity index (χ4n) is 1.35. The minimum atomic E-state index is 0.815. The summed E-state index contributed by atoms with van der Waals surface area (Å²) in [7, 11) is 1.85. The van der Waals surface area contributed by atoms with E-state index in [-0.39, 0.29) is 0 Å². The van der Waals surface area contributed by atoms with E-state index in [1.54, 1.807) is 18.1 Å². The van der Waals surface area contributed by atoms with Gasteiger partial charge in [0, 0.05) is 12.8 Å². The molecule has 0 radical (unpaired) electrons. The lowest BCUT2D eigenvalue weighted by molar-refractivity contribution is 1.02. The molecule has 88 valence electrons. The number of hydrogen-bond acceptors (Lipinski definition) is 4. The van der Waals surface area contributed by atoms with Crippen LogP contribution in [0.4, 0.5) is 5.82 Å². The van der Waals surface area contributed by atoms with E-state index in [4.69, 9.17) is 0 Å². The summed E-state index contributed by atoms with van der Waals surface area (Å²) in [5, 5.41) is 3.97. The van der Waals surface area contributed by atoms with Crippen molar-refractivity contribution < 1.29 is 0 Å². The third-order valence-electron chi connectivity index (χ3n) is 2.21. The predicted molar refractivity (Wildman–Crippen MR) is 75.3 cm³/mol. The molecule has 2 rings (SSSR count). The lowest BCUT2D eigenvalue weighted by Crippen LogP contribution is -1.96. The molecular weight excluding hydrogens is 298 g/mol. The molecule has 5 heteroatoms. The molecule has 0 aliphatic carbocycles. The van der Waals surface area contributed by atoms with E-state index in [0.717, 1.165) is 21.1 Å². The molecule has 0 amide bonds. The van der Waals surface area contributed by atoms with Crippen molar-refractivity contribution in [3.63, 3.8) is 0 Å². The molecule has 1 aromatic heterocycles. The molecule has 0 aliphatic rings. The molecule has 0 saturated carbocycles. The van der Waals surface area contributed by atoms with Crippen molar-refractivity contribution in [1.29, 1.82) is 0 Å². The van der Waals surface area contributed by atoms with Crippen LogP contribution < -0.4 is 5.32 Å². The number of hydrogen-bond donors (Lipinski definition) is 1. The first-order valence-corrected chi connectivity index (χ1v) is 6.94. The summed E-state index contributed by atoms with van der Waals surface area (Å²) in [5.74, 6) is 1.72. The number of thioether (sulfide) groups is 1. The molecule has 1 N–H and O–H groups in total. The van der Waals surface area contributed by atoms with Gasteiger partial charge in [-0.05, 0) is 21.5 Å². The standard InChI is InChI=1S/C12H12BrN3S/c1-14-11-10(13)12(16-8-15-11)17-7-9-5-3-2-4-6-9/h2-6,8H,7H2,1H3,(H,14,15,16). The van der Waals surface area contributed by atoms with E-state index >= 15 is 0 Å². The van der Waals surface area contributed by atoms with Gasteiger partial charge in [-0.15, -0.1) is 11.8 Å². The Morgan fingerprint density at radius 3 is 2.71 bits per heavy atom. The van der Waals surface area contributed by atoms with Crippen molar-refractivity contribution in [3.05, 3.63) is 46.7 Å². The van der Waals surface area contributed by atoms with Gasteiger partial charge >= 0.3 is 0 Å². The van der Waals surface area contributed by atoms with Crippen molar-refractivity contribution >= 4 is 33.5 Å². The van der Waals surface area contributed by atoms with Crippen LogP contribution in [0.2, 0.25) is 0 Å². The quantitative estimate of drug-likeness (QED) is 0.692. The summed E-state index contributed by atoms with van der Waals surface area (Å²) in [6.07, 6.45) is 1.57. The third-order valence-corrected chi connectivity index (χ3v) is 4.29. The van der Waals surface area contributed by atoms with Crippen LogP contribution >= 0.6 is 27.7 Å². The monoisotopic (exact) mass is 309 g/mol. The lowest BCUT2D eigenvalue weighted by atomic mass is 10.2. The fraction of sp³-hybridized carbons (Fsp3) is 0.167. The van der Waals surface area contributed by atoms with Crippen LogP contribution in [0.5, 0.6) is 0 Å². The highest BCUT2D eigenvalue weighted by molar-refractivity contribution is 9.10. The van der Waals surface area contributed by atoms with Gasteiger partial charge in [-0.1, -0.05) is 30.3 Å². The Morgan fingerprint density at radius 2 is 2.00 bits per heavy atom. The minimum absolute atomic E-state index is 0.815. The highest BCUT2D eigenvalue weighted by Gasteiger charge is 2.07. The molecule has 17 heavy (non-hydrogen) atoms. The second-order valence-electron chi connectivity index (χ2n) is 3.37. The zero-order valence-electron chi connectivity index (χ0n) is 9.35. The molecule has 1 heterocycles. The van der Waals surface area contributed by atoms with Crippen LogP contribution in [0.15, 0.2) is 46.2 Å². The first-order chi connectivity index (χ1) is 8.31. The van der Waals surface area contributed by atoms with Crippen molar-refractivity contribution in [3.8, 4) is 0 Å². The van der Waals surface area contributed by atoms with E-state index in [2.05, 4.69) is 43.3 Å². The van der Waals surface area contributed by atoms with Crippen LogP contribution in [0.3, 0.4) is 0 Å². The zero-order valence-corrected chi connectivity index (χ0v) is 11.8. The first kappa shape index (κ1) is 12.4. The smallest absolute Gasteiger partial charge is 0.144 e. The number of anilines is 1. The Balaban J connectivity index is 2.09. The highest BCUT2D eigenvalue weighted by atomic mass is 79.9. The molecule has 0 spiro atoms. The number of benzene rings is 1. The van der Waals surface area contributed by atoms with Crippen LogP contribution in [0.1, 0.15) is 5.56 Å². The molecule has 0 aliphatic heterocycles. The van der Waals surface area contributed by atoms with Crippen LogP contribution in [-0.4, -0.2) is 17.0 Å². The Hall–Kier alpha value is -1.07.